The fourth-order valence-corrected chi connectivity index (χ4v) is 3.96. The lowest BCUT2D eigenvalue weighted by Gasteiger charge is -2.32. The number of rotatable bonds is 8. The summed E-state index contributed by atoms with van der Waals surface area (Å²) in [5.41, 5.74) is 10.7. The Morgan fingerprint density at radius 3 is 2.57 bits per heavy atom. The molecule has 0 aromatic heterocycles. The molecule has 0 saturated carbocycles. The Kier molecular flexibility index (Phi) is 7.46. The summed E-state index contributed by atoms with van der Waals surface area (Å²) in [6, 6.07) is 21.7. The summed E-state index contributed by atoms with van der Waals surface area (Å²) in [4.78, 5) is 0. The molecule has 1 aliphatic heterocycles. The fourth-order valence-electron chi connectivity index (χ4n) is 3.80. The number of fused-ring (bicyclic) bond motifs is 1. The zero-order valence-electron chi connectivity index (χ0n) is 20.5. The average Bonchev–Trinajstić information content (AvgIpc) is 2.83. The zero-order valence-corrected chi connectivity index (χ0v) is 21.3. The first-order valence-electron chi connectivity index (χ1n) is 11.6. The highest BCUT2D eigenvalue weighted by Crippen LogP contribution is 2.37. The van der Waals surface area contributed by atoms with Crippen LogP contribution < -0.4 is 30.4 Å². The first kappa shape index (κ1) is 24.4. The normalized spacial score (nSPS) is 13.5. The van der Waals surface area contributed by atoms with Crippen LogP contribution in [0.4, 0.5) is 5.69 Å². The molecule has 35 heavy (non-hydrogen) atoms. The summed E-state index contributed by atoms with van der Waals surface area (Å²) in [6.45, 7) is 9.12. The van der Waals surface area contributed by atoms with E-state index in [1.807, 2.05) is 81.4 Å². The molecule has 0 aliphatic carbocycles. The van der Waals surface area contributed by atoms with E-state index in [-0.39, 0.29) is 0 Å². The summed E-state index contributed by atoms with van der Waals surface area (Å²) < 4.78 is 17.9. The van der Waals surface area contributed by atoms with Crippen molar-refractivity contribution in [2.75, 3.05) is 11.9 Å². The van der Waals surface area contributed by atoms with Crippen LogP contribution in [0.2, 0.25) is 0 Å². The molecule has 182 valence electrons. The van der Waals surface area contributed by atoms with E-state index in [4.69, 9.17) is 26.4 Å². The Balaban J connectivity index is 1.47. The van der Waals surface area contributed by atoms with E-state index in [0.717, 1.165) is 39.8 Å². The maximum absolute atomic E-state index is 6.17. The van der Waals surface area contributed by atoms with Gasteiger partial charge in [0.2, 0.25) is 0 Å². The van der Waals surface area contributed by atoms with Crippen molar-refractivity contribution in [3.63, 3.8) is 0 Å². The molecular weight excluding hydrogens is 458 g/mol. The highest BCUT2D eigenvalue weighted by Gasteiger charge is 2.27. The number of hydrogen-bond acceptors (Lipinski definition) is 5. The second-order valence-electron chi connectivity index (χ2n) is 8.77. The Morgan fingerprint density at radius 2 is 1.77 bits per heavy atom. The van der Waals surface area contributed by atoms with Crippen LogP contribution in [0.3, 0.4) is 0 Å². The molecule has 0 spiro atoms. The first-order valence-corrected chi connectivity index (χ1v) is 12.0. The van der Waals surface area contributed by atoms with E-state index in [0.29, 0.717) is 18.3 Å². The molecule has 1 aliphatic rings. The predicted molar refractivity (Wildman–Crippen MR) is 145 cm³/mol. The average molecular weight is 490 g/mol. The molecule has 0 atom stereocenters. The zero-order chi connectivity index (χ0) is 24.8. The predicted octanol–water partition coefficient (Wildman–Crippen LogP) is 5.98. The number of ether oxygens (including phenoxy) is 3. The van der Waals surface area contributed by atoms with Gasteiger partial charge in [-0.15, -0.1) is 0 Å². The molecule has 1 heterocycles. The van der Waals surface area contributed by atoms with Crippen LogP contribution in [-0.2, 0) is 6.61 Å². The molecule has 3 aromatic carbocycles. The minimum atomic E-state index is -0.489. The Hall–Kier alpha value is -3.71. The standard InChI is InChI=1S/C28H31N3O3S/c1-5-32-26-13-9-8-12-23(26)29-27(35)31-30-24-17-28(3,4)34-25-15-14-21(16-22(24)25)33-18-20-11-7-6-10-19(20)2/h6-17,30H,5,18H2,1-4H3,(H2,29,31,35). The summed E-state index contributed by atoms with van der Waals surface area (Å²) in [7, 11) is 0. The van der Waals surface area contributed by atoms with Gasteiger partial charge in [-0.3, -0.25) is 10.9 Å². The summed E-state index contributed by atoms with van der Waals surface area (Å²) in [5, 5.41) is 3.60. The molecule has 0 saturated heterocycles. The largest absolute Gasteiger partial charge is 0.492 e. The number of para-hydroxylation sites is 2. The third-order valence-electron chi connectivity index (χ3n) is 5.51. The van der Waals surface area contributed by atoms with Gasteiger partial charge in [0.25, 0.3) is 0 Å². The molecular formula is C28H31N3O3S. The van der Waals surface area contributed by atoms with E-state index >= 15 is 0 Å². The minimum Gasteiger partial charge on any atom is -0.492 e. The van der Waals surface area contributed by atoms with Crippen LogP contribution in [0.5, 0.6) is 17.2 Å². The van der Waals surface area contributed by atoms with Crippen molar-refractivity contribution < 1.29 is 14.2 Å². The summed E-state index contributed by atoms with van der Waals surface area (Å²) in [5.74, 6) is 2.27. The highest BCUT2D eigenvalue weighted by atomic mass is 32.1. The molecule has 0 amide bonds. The molecule has 0 bridgehead atoms. The van der Waals surface area contributed by atoms with Crippen molar-refractivity contribution in [2.45, 2.75) is 39.9 Å². The summed E-state index contributed by atoms with van der Waals surface area (Å²) in [6.07, 6.45) is 2.02. The van der Waals surface area contributed by atoms with Crippen LogP contribution in [-0.4, -0.2) is 17.3 Å². The van der Waals surface area contributed by atoms with Gasteiger partial charge in [-0.05, 0) is 87.4 Å². The number of hydrazine groups is 1. The van der Waals surface area contributed by atoms with Gasteiger partial charge in [0.15, 0.2) is 5.11 Å². The van der Waals surface area contributed by atoms with E-state index in [1.165, 1.54) is 5.56 Å². The van der Waals surface area contributed by atoms with Crippen molar-refractivity contribution in [1.29, 1.82) is 0 Å². The van der Waals surface area contributed by atoms with Crippen LogP contribution in [0, 0.1) is 6.92 Å². The van der Waals surface area contributed by atoms with Crippen molar-refractivity contribution in [1.82, 2.24) is 10.9 Å². The molecule has 0 radical (unpaired) electrons. The van der Waals surface area contributed by atoms with Gasteiger partial charge in [0.1, 0.15) is 29.5 Å². The van der Waals surface area contributed by atoms with Crippen molar-refractivity contribution in [3.8, 4) is 17.2 Å². The molecule has 7 heteroatoms. The van der Waals surface area contributed by atoms with Crippen LogP contribution >= 0.6 is 12.2 Å². The van der Waals surface area contributed by atoms with Crippen LogP contribution in [0.15, 0.2) is 72.8 Å². The van der Waals surface area contributed by atoms with Gasteiger partial charge in [-0.2, -0.15) is 0 Å². The maximum atomic E-state index is 6.17. The number of aryl methyl sites for hydroxylation is 1. The SMILES string of the molecule is CCOc1ccccc1NC(=S)NNC1=CC(C)(C)Oc2ccc(OCc3ccccc3C)cc21. The van der Waals surface area contributed by atoms with E-state index in [2.05, 4.69) is 35.2 Å². The Morgan fingerprint density at radius 1 is 1.00 bits per heavy atom. The lowest BCUT2D eigenvalue weighted by Crippen LogP contribution is -2.41. The molecule has 0 fully saturated rings. The van der Waals surface area contributed by atoms with Crippen LogP contribution in [0.1, 0.15) is 37.5 Å². The highest BCUT2D eigenvalue weighted by molar-refractivity contribution is 7.80. The number of hydrogen-bond donors (Lipinski definition) is 3. The lowest BCUT2D eigenvalue weighted by molar-refractivity contribution is 0.157. The topological polar surface area (TPSA) is 63.8 Å². The lowest BCUT2D eigenvalue weighted by atomic mass is 9.99. The van der Waals surface area contributed by atoms with Crippen molar-refractivity contribution in [2.24, 2.45) is 0 Å². The van der Waals surface area contributed by atoms with Gasteiger partial charge in [-0.25, -0.2) is 0 Å². The molecule has 0 unspecified atom stereocenters. The number of anilines is 1. The van der Waals surface area contributed by atoms with Gasteiger partial charge in [-0.1, -0.05) is 36.4 Å². The summed E-state index contributed by atoms with van der Waals surface area (Å²) >= 11 is 5.51. The van der Waals surface area contributed by atoms with Gasteiger partial charge >= 0.3 is 0 Å². The van der Waals surface area contributed by atoms with Gasteiger partial charge in [0, 0.05) is 5.56 Å². The molecule has 3 aromatic rings. The van der Waals surface area contributed by atoms with E-state index in [1.54, 1.807) is 0 Å². The second kappa shape index (κ2) is 10.7. The second-order valence-corrected chi connectivity index (χ2v) is 9.18. The van der Waals surface area contributed by atoms with E-state index in [9.17, 15) is 0 Å². The number of thiocarbonyl (C=S) groups is 1. The monoisotopic (exact) mass is 489 g/mol. The molecule has 6 nitrogen and oxygen atoms in total. The van der Waals surface area contributed by atoms with Gasteiger partial charge < -0.3 is 19.5 Å². The van der Waals surface area contributed by atoms with Crippen molar-refractivity contribution in [3.05, 3.63) is 89.5 Å². The van der Waals surface area contributed by atoms with E-state index < -0.39 is 5.60 Å². The maximum Gasteiger partial charge on any atom is 0.189 e. The number of nitrogens with one attached hydrogen (secondary N) is 3. The molecule has 4 rings (SSSR count). The van der Waals surface area contributed by atoms with Crippen molar-refractivity contribution >= 4 is 28.7 Å². The molecule has 3 N–H and O–H groups in total. The number of benzene rings is 3. The smallest absolute Gasteiger partial charge is 0.189 e. The quantitative estimate of drug-likeness (QED) is 0.266. The third-order valence-corrected chi connectivity index (χ3v) is 5.71. The third kappa shape index (κ3) is 6.25. The Bertz CT molecular complexity index is 1240. The van der Waals surface area contributed by atoms with Crippen LogP contribution in [0.25, 0.3) is 5.70 Å². The minimum absolute atomic E-state index is 0.413. The first-order chi connectivity index (χ1) is 16.8. The van der Waals surface area contributed by atoms with Gasteiger partial charge in [0.05, 0.1) is 18.0 Å². The fraction of sp³-hybridized carbons (Fsp3) is 0.250. The Labute approximate surface area is 212 Å².